The number of fused-ring (bicyclic) bond motifs is 2. The standard InChI is InChI=1S/C29H24F4N4O5/c1-27(26(34)39)14-42-24-20(27)11-22(37-23(24)15-3-6-18(30)7-4-15)28(40,29(31,32)33)13-36-25(38)16-5-8-21-17(9-16)10-19(41-2)12-35-21/h3-12,40H,13-14H2,1-2H3,(H2,34,39)(H,36,38)/t27-,28?/m0/s1. The van der Waals surface area contributed by atoms with Crippen LogP contribution in [0.2, 0.25) is 0 Å². The van der Waals surface area contributed by atoms with Crippen molar-refractivity contribution in [2.75, 3.05) is 20.3 Å². The number of hydrogen-bond donors (Lipinski definition) is 3. The summed E-state index contributed by atoms with van der Waals surface area (Å²) >= 11 is 0. The molecule has 0 bridgehead atoms. The van der Waals surface area contributed by atoms with Crippen LogP contribution in [0.3, 0.4) is 0 Å². The van der Waals surface area contributed by atoms with Crippen molar-refractivity contribution in [3.05, 3.63) is 83.4 Å². The third-order valence-electron chi connectivity index (χ3n) is 7.29. The van der Waals surface area contributed by atoms with Crippen molar-refractivity contribution in [1.82, 2.24) is 15.3 Å². The minimum atomic E-state index is -5.34. The minimum absolute atomic E-state index is 0.00527. The number of aromatic nitrogens is 2. The van der Waals surface area contributed by atoms with Gasteiger partial charge < -0.3 is 25.6 Å². The highest BCUT2D eigenvalue weighted by Crippen LogP contribution is 2.47. The largest absolute Gasteiger partial charge is 0.495 e. The minimum Gasteiger partial charge on any atom is -0.495 e. The van der Waals surface area contributed by atoms with Crippen LogP contribution in [0.25, 0.3) is 22.2 Å². The van der Waals surface area contributed by atoms with Crippen LogP contribution in [0.4, 0.5) is 17.6 Å². The van der Waals surface area contributed by atoms with Crippen molar-refractivity contribution in [3.8, 4) is 22.8 Å². The second-order valence-corrected chi connectivity index (χ2v) is 10.0. The molecule has 4 N–H and O–H groups in total. The van der Waals surface area contributed by atoms with Crippen molar-refractivity contribution >= 4 is 22.7 Å². The van der Waals surface area contributed by atoms with Gasteiger partial charge in [0.15, 0.2) is 0 Å². The number of aliphatic hydroxyl groups is 1. The van der Waals surface area contributed by atoms with Crippen LogP contribution < -0.4 is 20.5 Å². The lowest BCUT2D eigenvalue weighted by Crippen LogP contribution is -2.51. The zero-order chi connectivity index (χ0) is 30.4. The molecule has 13 heteroatoms. The fourth-order valence-corrected chi connectivity index (χ4v) is 4.61. The molecule has 0 saturated carbocycles. The van der Waals surface area contributed by atoms with Crippen molar-refractivity contribution in [2.24, 2.45) is 5.73 Å². The highest BCUT2D eigenvalue weighted by Gasteiger charge is 2.57. The lowest BCUT2D eigenvalue weighted by Gasteiger charge is -2.31. The Kier molecular flexibility index (Phi) is 7.01. The molecular formula is C29H24F4N4O5. The number of nitrogens with two attached hydrogens (primary N) is 1. The number of hydrogen-bond acceptors (Lipinski definition) is 7. The average molecular weight is 585 g/mol. The summed E-state index contributed by atoms with van der Waals surface area (Å²) in [5.41, 5.74) is -0.126. The normalized spacial score (nSPS) is 17.7. The quantitative estimate of drug-likeness (QED) is 0.282. The number of benzene rings is 2. The number of nitrogens with zero attached hydrogens (tertiary/aromatic N) is 2. The molecule has 0 aliphatic carbocycles. The number of pyridine rings is 2. The Labute approximate surface area is 236 Å². The molecular weight excluding hydrogens is 560 g/mol. The van der Waals surface area contributed by atoms with Gasteiger partial charge in [-0.2, -0.15) is 13.2 Å². The number of ether oxygens (including phenoxy) is 2. The van der Waals surface area contributed by atoms with Gasteiger partial charge in [0.2, 0.25) is 11.5 Å². The van der Waals surface area contributed by atoms with E-state index in [-0.39, 0.29) is 34.7 Å². The first-order chi connectivity index (χ1) is 19.8. The van der Waals surface area contributed by atoms with Gasteiger partial charge in [0.1, 0.15) is 35.0 Å². The van der Waals surface area contributed by atoms with E-state index in [0.29, 0.717) is 16.7 Å². The van der Waals surface area contributed by atoms with Gasteiger partial charge in [-0.25, -0.2) is 9.37 Å². The Morgan fingerprint density at radius 1 is 1.14 bits per heavy atom. The summed E-state index contributed by atoms with van der Waals surface area (Å²) in [4.78, 5) is 33.6. The zero-order valence-corrected chi connectivity index (χ0v) is 22.3. The molecule has 5 rings (SSSR count). The SMILES string of the molecule is COc1cnc2ccc(C(=O)NCC(O)(c3cc4c(c(-c5ccc(F)cc5)n3)OC[C@]4(C)C(N)=O)C(F)(F)F)cc2c1. The third kappa shape index (κ3) is 4.85. The smallest absolute Gasteiger partial charge is 0.424 e. The first kappa shape index (κ1) is 28.7. The van der Waals surface area contributed by atoms with Crippen molar-refractivity contribution in [1.29, 1.82) is 0 Å². The summed E-state index contributed by atoms with van der Waals surface area (Å²) in [6, 6.07) is 11.5. The number of alkyl halides is 3. The summed E-state index contributed by atoms with van der Waals surface area (Å²) in [7, 11) is 1.43. The second-order valence-electron chi connectivity index (χ2n) is 10.0. The summed E-state index contributed by atoms with van der Waals surface area (Å²) < 4.78 is 68.2. The van der Waals surface area contributed by atoms with E-state index in [4.69, 9.17) is 15.2 Å². The number of primary amides is 1. The number of amides is 2. The highest BCUT2D eigenvalue weighted by molar-refractivity contribution is 5.98. The molecule has 0 spiro atoms. The number of carbonyl (C=O) groups is 2. The monoisotopic (exact) mass is 584 g/mol. The van der Waals surface area contributed by atoms with E-state index >= 15 is 0 Å². The highest BCUT2D eigenvalue weighted by atomic mass is 19.4. The topological polar surface area (TPSA) is 137 Å². The van der Waals surface area contributed by atoms with Crippen LogP contribution in [-0.4, -0.2) is 53.3 Å². The maximum atomic E-state index is 14.6. The van der Waals surface area contributed by atoms with Gasteiger partial charge in [0, 0.05) is 22.1 Å². The molecule has 4 aromatic rings. The molecule has 0 saturated heterocycles. The van der Waals surface area contributed by atoms with Crippen LogP contribution >= 0.6 is 0 Å². The van der Waals surface area contributed by atoms with Crippen LogP contribution in [0, 0.1) is 5.82 Å². The van der Waals surface area contributed by atoms with Crippen LogP contribution in [0.15, 0.2) is 60.8 Å². The summed E-state index contributed by atoms with van der Waals surface area (Å²) in [5.74, 6) is -2.01. The van der Waals surface area contributed by atoms with Crippen molar-refractivity contribution < 1.29 is 41.7 Å². The molecule has 0 fully saturated rings. The van der Waals surface area contributed by atoms with Crippen molar-refractivity contribution in [2.45, 2.75) is 24.1 Å². The van der Waals surface area contributed by atoms with Crippen LogP contribution in [0.1, 0.15) is 28.5 Å². The molecule has 1 aliphatic rings. The van der Waals surface area contributed by atoms with E-state index < -0.39 is 47.1 Å². The number of halogens is 4. The van der Waals surface area contributed by atoms with Gasteiger partial charge in [0.25, 0.3) is 5.91 Å². The predicted octanol–water partition coefficient (Wildman–Crippen LogP) is 3.76. The van der Waals surface area contributed by atoms with Gasteiger partial charge in [-0.15, -0.1) is 0 Å². The van der Waals surface area contributed by atoms with Gasteiger partial charge in [-0.05, 0) is 61.5 Å². The van der Waals surface area contributed by atoms with Gasteiger partial charge in [-0.3, -0.25) is 14.6 Å². The average Bonchev–Trinajstić information content (AvgIpc) is 3.32. The van der Waals surface area contributed by atoms with Gasteiger partial charge in [-0.1, -0.05) is 0 Å². The lowest BCUT2D eigenvalue weighted by atomic mass is 9.81. The van der Waals surface area contributed by atoms with E-state index in [2.05, 4.69) is 15.3 Å². The Bertz CT molecular complexity index is 1710. The summed E-state index contributed by atoms with van der Waals surface area (Å²) in [6.07, 6.45) is -3.87. The fourth-order valence-electron chi connectivity index (χ4n) is 4.61. The molecule has 0 radical (unpaired) electrons. The molecule has 2 atom stereocenters. The molecule has 2 aromatic carbocycles. The molecule has 3 heterocycles. The Hall–Kier alpha value is -4.78. The molecule has 1 aliphatic heterocycles. The lowest BCUT2D eigenvalue weighted by molar-refractivity contribution is -0.265. The second kappa shape index (κ2) is 10.2. The Morgan fingerprint density at radius 2 is 1.86 bits per heavy atom. The Morgan fingerprint density at radius 3 is 2.50 bits per heavy atom. The molecule has 2 amide bonds. The molecule has 9 nitrogen and oxygen atoms in total. The zero-order valence-electron chi connectivity index (χ0n) is 22.3. The molecule has 1 unspecified atom stereocenters. The summed E-state index contributed by atoms with van der Waals surface area (Å²) in [5, 5.41) is 13.8. The molecule has 42 heavy (non-hydrogen) atoms. The number of rotatable bonds is 7. The van der Waals surface area contributed by atoms with E-state index in [1.807, 2.05) is 0 Å². The number of nitrogens with one attached hydrogen (secondary N) is 1. The van der Waals surface area contributed by atoms with Crippen LogP contribution in [-0.2, 0) is 15.8 Å². The first-order valence-corrected chi connectivity index (χ1v) is 12.5. The molecule has 2 aromatic heterocycles. The fraction of sp³-hybridized carbons (Fsp3) is 0.241. The predicted molar refractivity (Wildman–Crippen MR) is 142 cm³/mol. The van der Waals surface area contributed by atoms with Gasteiger partial charge in [0.05, 0.1) is 31.1 Å². The first-order valence-electron chi connectivity index (χ1n) is 12.5. The van der Waals surface area contributed by atoms with Crippen LogP contribution in [0.5, 0.6) is 11.5 Å². The van der Waals surface area contributed by atoms with Gasteiger partial charge >= 0.3 is 6.18 Å². The third-order valence-corrected chi connectivity index (χ3v) is 7.29. The van der Waals surface area contributed by atoms with E-state index in [1.165, 1.54) is 50.6 Å². The molecule has 218 valence electrons. The maximum Gasteiger partial charge on any atom is 0.424 e. The van der Waals surface area contributed by atoms with E-state index in [0.717, 1.165) is 18.2 Å². The summed E-state index contributed by atoms with van der Waals surface area (Å²) in [6.45, 7) is -0.232. The number of carbonyl (C=O) groups excluding carboxylic acids is 2. The Balaban J connectivity index is 1.57. The van der Waals surface area contributed by atoms with E-state index in [9.17, 15) is 32.3 Å². The van der Waals surface area contributed by atoms with Crippen molar-refractivity contribution in [3.63, 3.8) is 0 Å². The number of methoxy groups -OCH3 is 1. The maximum absolute atomic E-state index is 14.6. The van der Waals surface area contributed by atoms with E-state index in [1.54, 1.807) is 6.07 Å².